The fourth-order valence-electron chi connectivity index (χ4n) is 3.61. The zero-order valence-electron chi connectivity index (χ0n) is 20.2. The van der Waals surface area contributed by atoms with Gasteiger partial charge in [-0.25, -0.2) is 0 Å². The summed E-state index contributed by atoms with van der Waals surface area (Å²) in [6.07, 6.45) is -3.56. The van der Waals surface area contributed by atoms with Crippen LogP contribution in [0.2, 0.25) is 0 Å². The maximum atomic E-state index is 13.3. The number of benzene rings is 3. The van der Waals surface area contributed by atoms with E-state index >= 15 is 0 Å². The summed E-state index contributed by atoms with van der Waals surface area (Å²) < 4.78 is 44.1. The monoisotopic (exact) mass is 558 g/mol. The second-order valence-electron chi connectivity index (χ2n) is 8.19. The first-order valence-corrected chi connectivity index (χ1v) is 12.2. The number of amidine groups is 1. The number of phenols is 2. The maximum Gasteiger partial charge on any atom is 0.416 e. The summed E-state index contributed by atoms with van der Waals surface area (Å²) in [7, 11) is 1.40. The molecule has 1 saturated heterocycles. The number of carbonyl (C=O) groups excluding carboxylic acids is 2. The van der Waals surface area contributed by atoms with Crippen LogP contribution in [0.15, 0.2) is 76.9 Å². The van der Waals surface area contributed by atoms with E-state index in [-0.39, 0.29) is 40.2 Å². The van der Waals surface area contributed by atoms with Crippen LogP contribution in [0, 0.1) is 0 Å². The third-order valence-corrected chi connectivity index (χ3v) is 6.55. The molecule has 39 heavy (non-hydrogen) atoms. The smallest absolute Gasteiger partial charge is 0.416 e. The molecule has 1 aliphatic rings. The SMILES string of the molecule is COc1cc(/C=N/N=C2/SC(CC(=O)Nc3cccc(C(F)(F)F)c3)C(=O)N2c2cccc(O)c2)ccc1O. The van der Waals surface area contributed by atoms with E-state index in [2.05, 4.69) is 15.5 Å². The van der Waals surface area contributed by atoms with E-state index in [9.17, 15) is 33.0 Å². The second-order valence-corrected chi connectivity index (χ2v) is 9.36. The van der Waals surface area contributed by atoms with Gasteiger partial charge < -0.3 is 20.3 Å². The number of hydrogen-bond acceptors (Lipinski definition) is 8. The van der Waals surface area contributed by atoms with Crippen molar-refractivity contribution in [3.63, 3.8) is 0 Å². The zero-order chi connectivity index (χ0) is 28.2. The highest BCUT2D eigenvalue weighted by atomic mass is 32.2. The number of thioether (sulfide) groups is 1. The number of rotatable bonds is 7. The molecule has 0 radical (unpaired) electrons. The average molecular weight is 559 g/mol. The Morgan fingerprint density at radius 3 is 2.62 bits per heavy atom. The molecule has 0 aromatic heterocycles. The number of phenolic OH excluding ortho intramolecular Hbond substituents is 2. The molecule has 3 N–H and O–H groups in total. The van der Waals surface area contributed by atoms with Gasteiger partial charge in [-0.15, -0.1) is 5.10 Å². The Kier molecular flexibility index (Phi) is 8.10. The highest BCUT2D eigenvalue weighted by molar-refractivity contribution is 8.16. The summed E-state index contributed by atoms with van der Waals surface area (Å²) >= 11 is 0.945. The highest BCUT2D eigenvalue weighted by Crippen LogP contribution is 2.36. The average Bonchev–Trinajstić information content (AvgIpc) is 3.19. The van der Waals surface area contributed by atoms with Crippen molar-refractivity contribution in [1.29, 1.82) is 0 Å². The molecule has 2 amide bonds. The van der Waals surface area contributed by atoms with Gasteiger partial charge in [0.25, 0.3) is 0 Å². The van der Waals surface area contributed by atoms with Crippen molar-refractivity contribution in [1.82, 2.24) is 0 Å². The summed E-state index contributed by atoms with van der Waals surface area (Å²) in [6, 6.07) is 14.5. The van der Waals surface area contributed by atoms with Crippen molar-refractivity contribution in [2.75, 3.05) is 17.3 Å². The fraction of sp³-hybridized carbons (Fsp3) is 0.154. The third kappa shape index (κ3) is 6.68. The largest absolute Gasteiger partial charge is 0.508 e. The minimum Gasteiger partial charge on any atom is -0.508 e. The summed E-state index contributed by atoms with van der Waals surface area (Å²) in [5.41, 5.74) is -0.143. The predicted octanol–water partition coefficient (Wildman–Crippen LogP) is 4.99. The van der Waals surface area contributed by atoms with Crippen LogP contribution < -0.4 is 15.0 Å². The van der Waals surface area contributed by atoms with Crippen molar-refractivity contribution in [3.8, 4) is 17.2 Å². The van der Waals surface area contributed by atoms with Crippen molar-refractivity contribution in [3.05, 3.63) is 77.9 Å². The van der Waals surface area contributed by atoms with Gasteiger partial charge in [0.1, 0.15) is 11.0 Å². The van der Waals surface area contributed by atoms with Crippen LogP contribution in [-0.4, -0.2) is 45.8 Å². The zero-order valence-corrected chi connectivity index (χ0v) is 21.0. The molecule has 4 rings (SSSR count). The molecule has 13 heteroatoms. The van der Waals surface area contributed by atoms with Crippen LogP contribution >= 0.6 is 11.8 Å². The van der Waals surface area contributed by atoms with Crippen LogP contribution in [0.4, 0.5) is 24.5 Å². The van der Waals surface area contributed by atoms with Crippen LogP contribution in [0.1, 0.15) is 17.5 Å². The number of amides is 2. The standard InChI is InChI=1S/C26H21F3N4O5S/c1-38-21-10-15(8-9-20(21)35)14-30-32-25-33(18-6-3-7-19(34)12-18)24(37)22(39-25)13-23(36)31-17-5-2-4-16(11-17)26(27,28)29/h2-12,14,22,34-35H,13H2,1H3,(H,31,36)/b30-14+,32-25+. The lowest BCUT2D eigenvalue weighted by Crippen LogP contribution is -2.33. The van der Waals surface area contributed by atoms with E-state index < -0.39 is 28.8 Å². The third-order valence-electron chi connectivity index (χ3n) is 5.42. The van der Waals surface area contributed by atoms with Crippen molar-refractivity contribution in [2.45, 2.75) is 17.8 Å². The topological polar surface area (TPSA) is 124 Å². The van der Waals surface area contributed by atoms with E-state index in [1.807, 2.05) is 0 Å². The predicted molar refractivity (Wildman–Crippen MR) is 141 cm³/mol. The molecular weight excluding hydrogens is 537 g/mol. The number of carbonyl (C=O) groups is 2. The van der Waals surface area contributed by atoms with Gasteiger partial charge in [0.2, 0.25) is 11.8 Å². The van der Waals surface area contributed by atoms with Crippen molar-refractivity contribution < 1.29 is 37.7 Å². The van der Waals surface area contributed by atoms with Gasteiger partial charge in [0.15, 0.2) is 16.7 Å². The minimum absolute atomic E-state index is 0.0563. The minimum atomic E-state index is -4.57. The maximum absolute atomic E-state index is 13.3. The molecule has 0 aliphatic carbocycles. The number of methoxy groups -OCH3 is 1. The van der Waals surface area contributed by atoms with Crippen molar-refractivity contribution in [2.24, 2.45) is 10.2 Å². The Balaban J connectivity index is 1.55. The number of nitrogens with one attached hydrogen (secondary N) is 1. The van der Waals surface area contributed by atoms with Crippen LogP contribution in [0.25, 0.3) is 0 Å². The highest BCUT2D eigenvalue weighted by Gasteiger charge is 2.40. The molecular formula is C26H21F3N4O5S. The molecule has 1 aliphatic heterocycles. The van der Waals surface area contributed by atoms with E-state index in [0.29, 0.717) is 5.56 Å². The molecule has 1 unspecified atom stereocenters. The number of nitrogens with zero attached hydrogens (tertiary/aromatic N) is 3. The quantitative estimate of drug-likeness (QED) is 0.277. The molecule has 202 valence electrons. The van der Waals surface area contributed by atoms with Crippen LogP contribution in [0.5, 0.6) is 17.2 Å². The van der Waals surface area contributed by atoms with Gasteiger partial charge in [0, 0.05) is 18.2 Å². The Morgan fingerprint density at radius 2 is 1.90 bits per heavy atom. The Bertz CT molecular complexity index is 1460. The number of ether oxygens (including phenoxy) is 1. The van der Waals surface area contributed by atoms with Crippen LogP contribution in [-0.2, 0) is 15.8 Å². The molecule has 0 saturated carbocycles. The van der Waals surface area contributed by atoms with Gasteiger partial charge in [-0.3, -0.25) is 14.5 Å². The van der Waals surface area contributed by atoms with E-state index in [1.54, 1.807) is 12.1 Å². The lowest BCUT2D eigenvalue weighted by atomic mass is 10.2. The second kappa shape index (κ2) is 11.5. The molecule has 1 heterocycles. The van der Waals surface area contributed by atoms with Crippen LogP contribution in [0.3, 0.4) is 0 Å². The number of aromatic hydroxyl groups is 2. The first-order chi connectivity index (χ1) is 18.5. The van der Waals surface area contributed by atoms with E-state index in [0.717, 1.165) is 23.9 Å². The Labute approximate surface area is 224 Å². The van der Waals surface area contributed by atoms with Gasteiger partial charge in [-0.2, -0.15) is 18.3 Å². The first kappa shape index (κ1) is 27.5. The summed E-state index contributed by atoms with van der Waals surface area (Å²) in [5.74, 6) is -1.12. The van der Waals surface area contributed by atoms with E-state index in [4.69, 9.17) is 4.74 Å². The molecule has 9 nitrogen and oxygen atoms in total. The summed E-state index contributed by atoms with van der Waals surface area (Å²) in [5, 5.41) is 29.3. The number of alkyl halides is 3. The van der Waals surface area contributed by atoms with E-state index in [1.165, 1.54) is 60.7 Å². The lowest BCUT2D eigenvalue weighted by Gasteiger charge is -2.16. The van der Waals surface area contributed by atoms with Crippen molar-refractivity contribution >= 4 is 46.3 Å². The lowest BCUT2D eigenvalue weighted by molar-refractivity contribution is -0.137. The molecule has 0 bridgehead atoms. The Morgan fingerprint density at radius 1 is 1.13 bits per heavy atom. The molecule has 0 spiro atoms. The van der Waals surface area contributed by atoms with Gasteiger partial charge >= 0.3 is 6.18 Å². The van der Waals surface area contributed by atoms with Gasteiger partial charge in [-0.05, 0) is 54.1 Å². The van der Waals surface area contributed by atoms with Gasteiger partial charge in [-0.1, -0.05) is 23.9 Å². The fourth-order valence-corrected chi connectivity index (χ4v) is 4.70. The molecule has 3 aromatic carbocycles. The summed E-state index contributed by atoms with van der Waals surface area (Å²) in [4.78, 5) is 27.1. The Hall–Kier alpha value is -4.52. The number of anilines is 2. The summed E-state index contributed by atoms with van der Waals surface area (Å²) in [6.45, 7) is 0. The molecule has 1 atom stereocenters. The molecule has 3 aromatic rings. The van der Waals surface area contributed by atoms with Gasteiger partial charge in [0.05, 0.1) is 24.6 Å². The molecule has 1 fully saturated rings. The first-order valence-electron chi connectivity index (χ1n) is 11.3. The number of halogens is 3. The number of hydrogen-bond donors (Lipinski definition) is 3. The normalized spacial score (nSPS) is 16.7.